The van der Waals surface area contributed by atoms with E-state index in [2.05, 4.69) is 10.3 Å². The molecule has 0 aliphatic heterocycles. The van der Waals surface area contributed by atoms with Gasteiger partial charge in [0.15, 0.2) is 0 Å². The summed E-state index contributed by atoms with van der Waals surface area (Å²) in [7, 11) is 0. The summed E-state index contributed by atoms with van der Waals surface area (Å²) in [6, 6.07) is 1.62. The van der Waals surface area contributed by atoms with E-state index in [9.17, 15) is 9.59 Å². The molecule has 1 amide bonds. The number of aryl methyl sites for hydroxylation is 2. The SMILES string of the molecule is CCc1occc1C(=O)NCc1nc(C)c(C(=O)O)s1. The normalized spacial score (nSPS) is 10.5. The second-order valence-corrected chi connectivity index (χ2v) is 5.20. The first kappa shape index (κ1) is 14.3. The summed E-state index contributed by atoms with van der Waals surface area (Å²) in [6.07, 6.45) is 2.11. The molecule has 0 bridgehead atoms. The number of carbonyl (C=O) groups excluding carboxylic acids is 1. The predicted octanol–water partition coefficient (Wildman–Crippen LogP) is 2.24. The fourth-order valence-corrected chi connectivity index (χ4v) is 2.64. The fraction of sp³-hybridized carbons (Fsp3) is 0.308. The van der Waals surface area contributed by atoms with Crippen molar-refractivity contribution in [3.63, 3.8) is 0 Å². The second-order valence-electron chi connectivity index (χ2n) is 4.12. The highest BCUT2D eigenvalue weighted by atomic mass is 32.1. The van der Waals surface area contributed by atoms with Gasteiger partial charge in [-0.25, -0.2) is 9.78 Å². The Morgan fingerprint density at radius 2 is 2.25 bits per heavy atom. The van der Waals surface area contributed by atoms with Crippen LogP contribution in [0.3, 0.4) is 0 Å². The molecule has 7 heteroatoms. The highest BCUT2D eigenvalue weighted by Crippen LogP contribution is 2.18. The number of aromatic nitrogens is 1. The molecule has 0 saturated heterocycles. The quantitative estimate of drug-likeness (QED) is 0.882. The van der Waals surface area contributed by atoms with Crippen LogP contribution in [0, 0.1) is 6.92 Å². The molecule has 0 saturated carbocycles. The molecule has 2 rings (SSSR count). The van der Waals surface area contributed by atoms with E-state index in [1.54, 1.807) is 13.0 Å². The third-order valence-corrected chi connectivity index (χ3v) is 3.89. The van der Waals surface area contributed by atoms with Crippen LogP contribution >= 0.6 is 11.3 Å². The van der Waals surface area contributed by atoms with Gasteiger partial charge in [-0.2, -0.15) is 0 Å². The van der Waals surface area contributed by atoms with E-state index in [1.165, 1.54) is 6.26 Å². The van der Waals surface area contributed by atoms with Crippen molar-refractivity contribution in [1.82, 2.24) is 10.3 Å². The Balaban J connectivity index is 2.04. The van der Waals surface area contributed by atoms with Crippen LogP contribution in [0.4, 0.5) is 0 Å². The number of rotatable bonds is 5. The molecule has 0 aliphatic rings. The average Bonchev–Trinajstić information content (AvgIpc) is 3.01. The van der Waals surface area contributed by atoms with Gasteiger partial charge in [0, 0.05) is 6.42 Å². The molecule has 0 unspecified atom stereocenters. The van der Waals surface area contributed by atoms with Gasteiger partial charge >= 0.3 is 5.97 Å². The zero-order valence-electron chi connectivity index (χ0n) is 11.1. The zero-order chi connectivity index (χ0) is 14.7. The highest BCUT2D eigenvalue weighted by Gasteiger charge is 2.16. The molecule has 2 aromatic heterocycles. The smallest absolute Gasteiger partial charge is 0.347 e. The number of carboxylic acid groups (broad SMARTS) is 1. The summed E-state index contributed by atoms with van der Waals surface area (Å²) in [5, 5.41) is 12.2. The third kappa shape index (κ3) is 2.88. The minimum atomic E-state index is -0.999. The standard InChI is InChI=1S/C13H14N2O4S/c1-3-9-8(4-5-19-9)12(16)14-6-10-15-7(2)11(20-10)13(17)18/h4-5H,3,6H2,1-2H3,(H,14,16)(H,17,18). The predicted molar refractivity (Wildman–Crippen MR) is 73.1 cm³/mol. The van der Waals surface area contributed by atoms with Crippen molar-refractivity contribution in [3.05, 3.63) is 39.2 Å². The molecule has 2 N–H and O–H groups in total. The monoisotopic (exact) mass is 294 g/mol. The van der Waals surface area contributed by atoms with Gasteiger partial charge in [-0.05, 0) is 13.0 Å². The zero-order valence-corrected chi connectivity index (χ0v) is 11.9. The summed E-state index contributed by atoms with van der Waals surface area (Å²) in [5.74, 6) is -0.620. The largest absolute Gasteiger partial charge is 0.477 e. The van der Waals surface area contributed by atoms with E-state index in [1.807, 2.05) is 6.92 Å². The minimum absolute atomic E-state index is 0.200. The molecule has 0 atom stereocenters. The Morgan fingerprint density at radius 3 is 2.85 bits per heavy atom. The van der Waals surface area contributed by atoms with Gasteiger partial charge in [-0.3, -0.25) is 4.79 Å². The number of aromatic carboxylic acids is 1. The molecule has 0 aromatic carbocycles. The third-order valence-electron chi connectivity index (χ3n) is 2.75. The van der Waals surface area contributed by atoms with Crippen LogP contribution in [-0.2, 0) is 13.0 Å². The second kappa shape index (κ2) is 5.87. The van der Waals surface area contributed by atoms with Crippen molar-refractivity contribution in [2.45, 2.75) is 26.8 Å². The molecule has 2 aromatic rings. The van der Waals surface area contributed by atoms with Gasteiger partial charge in [0.25, 0.3) is 5.91 Å². The van der Waals surface area contributed by atoms with E-state index in [0.717, 1.165) is 11.3 Å². The van der Waals surface area contributed by atoms with Crippen LogP contribution in [0.25, 0.3) is 0 Å². The summed E-state index contributed by atoms with van der Waals surface area (Å²) >= 11 is 1.07. The Morgan fingerprint density at radius 1 is 1.50 bits per heavy atom. The van der Waals surface area contributed by atoms with Gasteiger partial charge in [0.05, 0.1) is 24.1 Å². The van der Waals surface area contributed by atoms with Crippen molar-refractivity contribution >= 4 is 23.2 Å². The molecule has 20 heavy (non-hydrogen) atoms. The maximum Gasteiger partial charge on any atom is 0.347 e. The van der Waals surface area contributed by atoms with Crippen LogP contribution in [0.5, 0.6) is 0 Å². The maximum atomic E-state index is 12.0. The Kier molecular flexibility index (Phi) is 4.19. The first-order valence-corrected chi connectivity index (χ1v) is 6.88. The van der Waals surface area contributed by atoms with Crippen LogP contribution in [-0.4, -0.2) is 22.0 Å². The minimum Gasteiger partial charge on any atom is -0.477 e. The lowest BCUT2D eigenvalue weighted by molar-refractivity contribution is 0.0701. The summed E-state index contributed by atoms with van der Waals surface area (Å²) in [6.45, 7) is 3.74. The number of hydrogen-bond acceptors (Lipinski definition) is 5. The number of carbonyl (C=O) groups is 2. The number of hydrogen-bond donors (Lipinski definition) is 2. The molecule has 0 fully saturated rings. The number of thiazole rings is 1. The van der Waals surface area contributed by atoms with E-state index in [-0.39, 0.29) is 17.3 Å². The van der Waals surface area contributed by atoms with Gasteiger partial charge < -0.3 is 14.8 Å². The molecule has 0 radical (unpaired) electrons. The molecular weight excluding hydrogens is 280 g/mol. The first-order valence-electron chi connectivity index (χ1n) is 6.07. The molecule has 0 spiro atoms. The van der Waals surface area contributed by atoms with E-state index >= 15 is 0 Å². The maximum absolute atomic E-state index is 12.0. The van der Waals surface area contributed by atoms with E-state index < -0.39 is 5.97 Å². The highest BCUT2D eigenvalue weighted by molar-refractivity contribution is 7.13. The van der Waals surface area contributed by atoms with Crippen LogP contribution in [0.1, 0.15) is 43.4 Å². The molecular formula is C13H14N2O4S. The van der Waals surface area contributed by atoms with E-state index in [0.29, 0.717) is 28.4 Å². The lowest BCUT2D eigenvalue weighted by Gasteiger charge is -2.02. The first-order chi connectivity index (χ1) is 9.52. The number of furan rings is 1. The van der Waals surface area contributed by atoms with E-state index in [4.69, 9.17) is 9.52 Å². The lowest BCUT2D eigenvalue weighted by Crippen LogP contribution is -2.23. The Labute approximate surface area is 119 Å². The Hall–Kier alpha value is -2.15. The van der Waals surface area contributed by atoms with Crippen LogP contribution < -0.4 is 5.32 Å². The van der Waals surface area contributed by atoms with Crippen molar-refractivity contribution in [2.24, 2.45) is 0 Å². The average molecular weight is 294 g/mol. The number of nitrogens with zero attached hydrogens (tertiary/aromatic N) is 1. The number of amides is 1. The fourth-order valence-electron chi connectivity index (χ4n) is 1.79. The van der Waals surface area contributed by atoms with Crippen LogP contribution in [0.15, 0.2) is 16.7 Å². The molecule has 106 valence electrons. The van der Waals surface area contributed by atoms with Crippen molar-refractivity contribution in [2.75, 3.05) is 0 Å². The Bertz CT molecular complexity index is 645. The van der Waals surface area contributed by atoms with Gasteiger partial charge in [0.1, 0.15) is 15.6 Å². The summed E-state index contributed by atoms with van der Waals surface area (Å²) < 4.78 is 5.19. The molecule has 0 aliphatic carbocycles. The molecule has 2 heterocycles. The van der Waals surface area contributed by atoms with Gasteiger partial charge in [-0.15, -0.1) is 11.3 Å². The van der Waals surface area contributed by atoms with Gasteiger partial charge in [0.2, 0.25) is 0 Å². The topological polar surface area (TPSA) is 92.4 Å². The van der Waals surface area contributed by atoms with Crippen LogP contribution in [0.2, 0.25) is 0 Å². The summed E-state index contributed by atoms with van der Waals surface area (Å²) in [4.78, 5) is 27.2. The summed E-state index contributed by atoms with van der Waals surface area (Å²) in [5.41, 5.74) is 0.962. The van der Waals surface area contributed by atoms with Crippen molar-refractivity contribution in [3.8, 4) is 0 Å². The molecule has 6 nitrogen and oxygen atoms in total. The van der Waals surface area contributed by atoms with Crippen molar-refractivity contribution < 1.29 is 19.1 Å². The van der Waals surface area contributed by atoms with Gasteiger partial charge in [-0.1, -0.05) is 6.92 Å². The van der Waals surface area contributed by atoms with Crippen molar-refractivity contribution in [1.29, 1.82) is 0 Å². The lowest BCUT2D eigenvalue weighted by atomic mass is 10.2. The number of nitrogens with one attached hydrogen (secondary N) is 1. The number of carboxylic acids is 1.